The Labute approximate surface area is 191 Å². The summed E-state index contributed by atoms with van der Waals surface area (Å²) in [4.78, 5) is 0. The minimum absolute atomic E-state index is 0.0158. The Bertz CT molecular complexity index is 1490. The van der Waals surface area contributed by atoms with E-state index >= 15 is 0 Å². The van der Waals surface area contributed by atoms with Gasteiger partial charge in [-0.15, -0.1) is 0 Å². The molecule has 5 heteroatoms. The topological polar surface area (TPSA) is 44.9 Å². The fourth-order valence-electron chi connectivity index (χ4n) is 4.68. The van der Waals surface area contributed by atoms with Crippen LogP contribution in [0.3, 0.4) is 0 Å². The van der Waals surface area contributed by atoms with E-state index in [1.165, 1.54) is 32.8 Å². The Morgan fingerprint density at radius 2 is 1.26 bits per heavy atom. The number of halogens is 1. The molecule has 0 saturated carbocycles. The second kappa shape index (κ2) is 6.47. The summed E-state index contributed by atoms with van der Waals surface area (Å²) < 4.78 is 2.99. The van der Waals surface area contributed by atoms with Gasteiger partial charge in [-0.05, 0) is 63.8 Å². The Hall–Kier alpha value is -2.08. The lowest BCUT2D eigenvalue weighted by molar-refractivity contribution is 0.425. The molecule has 0 aliphatic carbocycles. The van der Waals surface area contributed by atoms with Crippen molar-refractivity contribution in [3.8, 4) is 0 Å². The molecular formula is C26H27BBrNO2. The smallest absolute Gasteiger partial charge is 0.423 e. The van der Waals surface area contributed by atoms with Crippen molar-refractivity contribution in [3.05, 3.63) is 58.1 Å². The van der Waals surface area contributed by atoms with Crippen LogP contribution in [0.1, 0.15) is 52.7 Å². The van der Waals surface area contributed by atoms with E-state index in [0.717, 1.165) is 16.4 Å². The highest BCUT2D eigenvalue weighted by molar-refractivity contribution is 9.10. The summed E-state index contributed by atoms with van der Waals surface area (Å²) in [6.45, 7) is 13.5. The van der Waals surface area contributed by atoms with Crippen molar-refractivity contribution in [2.75, 3.05) is 0 Å². The van der Waals surface area contributed by atoms with Gasteiger partial charge >= 0.3 is 7.12 Å². The largest absolute Gasteiger partial charge is 0.489 e. The Kier molecular flexibility index (Phi) is 4.34. The second-order valence-electron chi connectivity index (χ2n) is 10.8. The van der Waals surface area contributed by atoms with Crippen LogP contribution in [-0.2, 0) is 10.8 Å². The first-order chi connectivity index (χ1) is 14.4. The molecule has 2 aromatic heterocycles. The summed E-state index contributed by atoms with van der Waals surface area (Å²) in [5.74, 6) is 0. The first-order valence-corrected chi connectivity index (χ1v) is 11.5. The van der Waals surface area contributed by atoms with Crippen molar-refractivity contribution in [3.63, 3.8) is 0 Å². The fourth-order valence-corrected chi connectivity index (χ4v) is 5.23. The standard InChI is InChI=1S/C26H27BBrNO2/c1-25(2,3)14-7-8-22-16(9-14)18-10-15(26(4,5)6)11-19-17-12-21(28)20(27(30)31)13-23(17)29(22)24(18)19/h7-13,30-31H,1-6H3. The molecule has 0 atom stereocenters. The minimum atomic E-state index is -1.53. The Morgan fingerprint density at radius 1 is 0.710 bits per heavy atom. The van der Waals surface area contributed by atoms with Gasteiger partial charge in [0.05, 0.1) is 16.6 Å². The molecule has 31 heavy (non-hydrogen) atoms. The van der Waals surface area contributed by atoms with Crippen LogP contribution >= 0.6 is 15.9 Å². The van der Waals surface area contributed by atoms with E-state index in [1.807, 2.05) is 12.1 Å². The monoisotopic (exact) mass is 475 g/mol. The Balaban J connectivity index is 2.05. The molecule has 5 aromatic rings. The second-order valence-corrected chi connectivity index (χ2v) is 11.6. The maximum atomic E-state index is 9.90. The van der Waals surface area contributed by atoms with Gasteiger partial charge in [0.1, 0.15) is 0 Å². The van der Waals surface area contributed by atoms with Gasteiger partial charge < -0.3 is 14.4 Å². The quantitative estimate of drug-likeness (QED) is 0.297. The van der Waals surface area contributed by atoms with E-state index in [9.17, 15) is 10.0 Å². The third kappa shape index (κ3) is 3.01. The predicted octanol–water partition coefficient (Wildman–Crippen LogP) is 5.87. The molecule has 5 rings (SSSR count). The third-order valence-corrected chi connectivity index (χ3v) is 7.20. The number of hydrogen-bond acceptors (Lipinski definition) is 2. The molecule has 158 valence electrons. The lowest BCUT2D eigenvalue weighted by atomic mass is 9.80. The van der Waals surface area contributed by atoms with Gasteiger partial charge in [-0.3, -0.25) is 0 Å². The summed E-state index contributed by atoms with van der Waals surface area (Å²) in [6.07, 6.45) is 0. The molecule has 0 bridgehead atoms. The fraction of sp³-hybridized carbons (Fsp3) is 0.308. The number of benzene rings is 3. The number of aromatic nitrogens is 1. The lowest BCUT2D eigenvalue weighted by Gasteiger charge is -2.20. The summed E-state index contributed by atoms with van der Waals surface area (Å²) in [5, 5.41) is 24.6. The molecule has 0 aliphatic heterocycles. The van der Waals surface area contributed by atoms with Gasteiger partial charge in [-0.25, -0.2) is 0 Å². The lowest BCUT2D eigenvalue weighted by Crippen LogP contribution is -2.30. The van der Waals surface area contributed by atoms with E-state index in [0.29, 0.717) is 9.94 Å². The third-order valence-electron chi connectivity index (χ3n) is 6.52. The molecule has 0 saturated heterocycles. The summed E-state index contributed by atoms with van der Waals surface area (Å²) in [6, 6.07) is 15.3. The van der Waals surface area contributed by atoms with Crippen LogP contribution in [0.4, 0.5) is 0 Å². The van der Waals surface area contributed by atoms with Crippen molar-refractivity contribution in [1.29, 1.82) is 0 Å². The summed E-state index contributed by atoms with van der Waals surface area (Å²) >= 11 is 3.54. The van der Waals surface area contributed by atoms with Crippen molar-refractivity contribution in [2.24, 2.45) is 0 Å². The molecule has 0 spiro atoms. The molecular weight excluding hydrogens is 449 g/mol. The molecule has 2 heterocycles. The average molecular weight is 476 g/mol. The SMILES string of the molecule is CC(C)(C)c1ccc2c(c1)c1cc(C(C)(C)C)cc3c4cc(Br)c(B(O)O)cc4n2c13. The molecule has 0 fully saturated rings. The van der Waals surface area contributed by atoms with Crippen molar-refractivity contribution in [1.82, 2.24) is 4.40 Å². The first kappa shape index (κ1) is 20.8. The van der Waals surface area contributed by atoms with E-state index in [4.69, 9.17) is 0 Å². The van der Waals surface area contributed by atoms with E-state index in [1.54, 1.807) is 0 Å². The number of fused-ring (bicyclic) bond motifs is 6. The van der Waals surface area contributed by atoms with Crippen molar-refractivity contribution < 1.29 is 10.0 Å². The number of nitrogens with zero attached hydrogens (tertiary/aromatic N) is 1. The molecule has 2 N–H and O–H groups in total. The maximum absolute atomic E-state index is 9.90. The molecule has 0 amide bonds. The van der Waals surface area contributed by atoms with Crippen LogP contribution in [0.15, 0.2) is 46.9 Å². The highest BCUT2D eigenvalue weighted by Gasteiger charge is 2.25. The van der Waals surface area contributed by atoms with Crippen LogP contribution in [0.2, 0.25) is 0 Å². The Morgan fingerprint density at radius 3 is 1.81 bits per heavy atom. The van der Waals surface area contributed by atoms with Crippen molar-refractivity contribution >= 4 is 66.6 Å². The van der Waals surface area contributed by atoms with Gasteiger partial charge in [-0.2, -0.15) is 0 Å². The van der Waals surface area contributed by atoms with Crippen LogP contribution in [0.5, 0.6) is 0 Å². The average Bonchev–Trinajstić information content (AvgIpc) is 3.15. The van der Waals surface area contributed by atoms with Gasteiger partial charge in [0.2, 0.25) is 0 Å². The molecule has 0 unspecified atom stereocenters. The van der Waals surface area contributed by atoms with Gasteiger partial charge in [0.15, 0.2) is 0 Å². The molecule has 3 nitrogen and oxygen atoms in total. The van der Waals surface area contributed by atoms with Crippen molar-refractivity contribution in [2.45, 2.75) is 52.4 Å². The normalized spacial score (nSPS) is 13.3. The van der Waals surface area contributed by atoms with E-state index in [2.05, 4.69) is 92.2 Å². The molecule has 3 aromatic carbocycles. The van der Waals surface area contributed by atoms with Gasteiger partial charge in [0.25, 0.3) is 0 Å². The zero-order valence-corrected chi connectivity index (χ0v) is 20.4. The minimum Gasteiger partial charge on any atom is -0.423 e. The predicted molar refractivity (Wildman–Crippen MR) is 136 cm³/mol. The zero-order chi connectivity index (χ0) is 22.5. The summed E-state index contributed by atoms with van der Waals surface area (Å²) in [5.41, 5.74) is 6.50. The van der Waals surface area contributed by atoms with Crippen LogP contribution < -0.4 is 5.46 Å². The highest BCUT2D eigenvalue weighted by Crippen LogP contribution is 2.43. The maximum Gasteiger partial charge on any atom is 0.489 e. The van der Waals surface area contributed by atoms with Gasteiger partial charge in [0, 0.05) is 26.0 Å². The zero-order valence-electron chi connectivity index (χ0n) is 18.8. The van der Waals surface area contributed by atoms with Crippen LogP contribution in [0.25, 0.3) is 38.1 Å². The first-order valence-electron chi connectivity index (χ1n) is 10.7. The number of hydrogen-bond donors (Lipinski definition) is 2. The number of rotatable bonds is 1. The molecule has 0 aliphatic rings. The van der Waals surface area contributed by atoms with E-state index in [-0.39, 0.29) is 10.8 Å². The van der Waals surface area contributed by atoms with Crippen LogP contribution in [-0.4, -0.2) is 21.6 Å². The van der Waals surface area contributed by atoms with Crippen LogP contribution in [0, 0.1) is 0 Å². The van der Waals surface area contributed by atoms with Gasteiger partial charge in [-0.1, -0.05) is 63.5 Å². The summed E-state index contributed by atoms with van der Waals surface area (Å²) in [7, 11) is -1.53. The van der Waals surface area contributed by atoms with E-state index < -0.39 is 7.12 Å². The molecule has 0 radical (unpaired) electrons. The highest BCUT2D eigenvalue weighted by atomic mass is 79.9.